The first-order chi connectivity index (χ1) is 10.6. The maximum absolute atomic E-state index is 10.8. The largest absolute Gasteiger partial charge is 0.390 e. The van der Waals surface area contributed by atoms with Crippen LogP contribution in [0.3, 0.4) is 0 Å². The van der Waals surface area contributed by atoms with Gasteiger partial charge in [0.25, 0.3) is 0 Å². The van der Waals surface area contributed by atoms with Gasteiger partial charge in [-0.1, -0.05) is 73.0 Å². The molecule has 2 heteroatoms. The van der Waals surface area contributed by atoms with Crippen LogP contribution in [0.15, 0.2) is 11.6 Å². The molecule has 1 fully saturated rings. The molecule has 0 saturated heterocycles. The third-order valence-corrected chi connectivity index (χ3v) is 7.86. The van der Waals surface area contributed by atoms with Crippen molar-refractivity contribution in [2.45, 2.75) is 92.5 Å². The van der Waals surface area contributed by atoms with Crippen LogP contribution in [0.25, 0.3) is 0 Å². The summed E-state index contributed by atoms with van der Waals surface area (Å²) < 4.78 is 6.61. The number of fused-ring (bicyclic) bond motifs is 2. The Kier molecular flexibility index (Phi) is 4.05. The minimum atomic E-state index is -0.346. The SMILES string of the molecule is CCCC[C@]1(C)C2=CC(OC3[C@H](CC(C)(C)[C@H]3O)[C@H]2C)C1(C)C. The fourth-order valence-corrected chi connectivity index (χ4v) is 5.66. The average Bonchev–Trinajstić information content (AvgIpc) is 2.73. The monoisotopic (exact) mass is 320 g/mol. The van der Waals surface area contributed by atoms with Crippen LogP contribution in [-0.2, 0) is 4.74 Å². The molecule has 0 aromatic heterocycles. The zero-order chi connectivity index (χ0) is 17.2. The van der Waals surface area contributed by atoms with Gasteiger partial charge in [-0.25, -0.2) is 0 Å². The quantitative estimate of drug-likeness (QED) is 0.745. The van der Waals surface area contributed by atoms with Crippen LogP contribution in [-0.4, -0.2) is 23.4 Å². The van der Waals surface area contributed by atoms with E-state index in [1.165, 1.54) is 19.3 Å². The van der Waals surface area contributed by atoms with Crippen LogP contribution in [0.4, 0.5) is 0 Å². The topological polar surface area (TPSA) is 29.5 Å². The van der Waals surface area contributed by atoms with Crippen LogP contribution in [0.5, 0.6) is 0 Å². The molecule has 3 aliphatic rings. The van der Waals surface area contributed by atoms with Crippen LogP contribution in [0.2, 0.25) is 0 Å². The molecule has 23 heavy (non-hydrogen) atoms. The Hall–Kier alpha value is -0.340. The van der Waals surface area contributed by atoms with Crippen molar-refractivity contribution in [2.24, 2.45) is 28.1 Å². The van der Waals surface area contributed by atoms with Gasteiger partial charge in [0.15, 0.2) is 0 Å². The molecule has 0 amide bonds. The van der Waals surface area contributed by atoms with E-state index in [0.29, 0.717) is 11.8 Å². The molecule has 2 nitrogen and oxygen atoms in total. The number of hydrogen-bond donors (Lipinski definition) is 1. The molecular weight excluding hydrogens is 284 g/mol. The molecule has 2 bridgehead atoms. The third-order valence-electron chi connectivity index (χ3n) is 7.86. The maximum Gasteiger partial charge on any atom is 0.0881 e. The first kappa shape index (κ1) is 17.5. The van der Waals surface area contributed by atoms with Gasteiger partial charge in [-0.15, -0.1) is 0 Å². The third kappa shape index (κ3) is 2.28. The second-order valence-corrected chi connectivity index (χ2v) is 9.89. The number of hydrogen-bond acceptors (Lipinski definition) is 2. The number of rotatable bonds is 3. The Balaban J connectivity index is 1.98. The van der Waals surface area contributed by atoms with Crippen molar-refractivity contribution < 1.29 is 9.84 Å². The lowest BCUT2D eigenvalue weighted by molar-refractivity contribution is -0.136. The van der Waals surface area contributed by atoms with Gasteiger partial charge >= 0.3 is 0 Å². The van der Waals surface area contributed by atoms with Crippen LogP contribution >= 0.6 is 0 Å². The Labute approximate surface area is 142 Å². The Morgan fingerprint density at radius 1 is 1.22 bits per heavy atom. The molecule has 3 rings (SSSR count). The van der Waals surface area contributed by atoms with E-state index >= 15 is 0 Å². The van der Waals surface area contributed by atoms with Gasteiger partial charge in [0.05, 0.1) is 18.3 Å². The van der Waals surface area contributed by atoms with Gasteiger partial charge < -0.3 is 9.84 Å². The van der Waals surface area contributed by atoms with Crippen LogP contribution in [0, 0.1) is 28.1 Å². The molecular formula is C21H36O2. The summed E-state index contributed by atoms with van der Waals surface area (Å²) in [4.78, 5) is 0. The van der Waals surface area contributed by atoms with E-state index in [2.05, 4.69) is 54.5 Å². The molecule has 1 aliphatic heterocycles. The maximum atomic E-state index is 10.8. The summed E-state index contributed by atoms with van der Waals surface area (Å²) in [7, 11) is 0. The molecule has 1 heterocycles. The van der Waals surface area contributed by atoms with Crippen molar-refractivity contribution in [3.63, 3.8) is 0 Å². The fourth-order valence-electron chi connectivity index (χ4n) is 5.66. The van der Waals surface area contributed by atoms with E-state index in [9.17, 15) is 5.11 Å². The number of aliphatic hydroxyl groups is 1. The van der Waals surface area contributed by atoms with Gasteiger partial charge in [-0.05, 0) is 35.5 Å². The molecule has 6 atom stereocenters. The number of allylic oxidation sites excluding steroid dienone is 1. The summed E-state index contributed by atoms with van der Waals surface area (Å²) >= 11 is 0. The highest BCUT2D eigenvalue weighted by Crippen LogP contribution is 2.63. The van der Waals surface area contributed by atoms with Crippen LogP contribution < -0.4 is 0 Å². The first-order valence-electron chi connectivity index (χ1n) is 9.62. The second-order valence-electron chi connectivity index (χ2n) is 9.89. The van der Waals surface area contributed by atoms with Crippen molar-refractivity contribution in [2.75, 3.05) is 0 Å². The summed E-state index contributed by atoms with van der Waals surface area (Å²) in [5.41, 5.74) is 1.89. The molecule has 0 spiro atoms. The summed E-state index contributed by atoms with van der Waals surface area (Å²) in [6.45, 7) is 16.3. The number of aliphatic hydroxyl groups excluding tert-OH is 1. The first-order valence-corrected chi connectivity index (χ1v) is 9.62. The highest BCUT2D eigenvalue weighted by molar-refractivity contribution is 5.33. The standard InChI is InChI=1S/C21H36O2/c1-8-9-10-21(7)15-11-16(20(21,5)6)23-17-14(13(15)2)12-19(3,4)18(17)22/h11,13-14,16-18,22H,8-10,12H2,1-7H3/t13-,14-,16?,17?,18+,21-/m1/s1. The normalized spacial score (nSPS) is 47.1. The highest BCUT2D eigenvalue weighted by Gasteiger charge is 2.61. The molecule has 2 aliphatic carbocycles. The lowest BCUT2D eigenvalue weighted by Gasteiger charge is -2.49. The van der Waals surface area contributed by atoms with E-state index < -0.39 is 0 Å². The van der Waals surface area contributed by atoms with Gasteiger partial charge in [-0.3, -0.25) is 0 Å². The van der Waals surface area contributed by atoms with Gasteiger partial charge in [0.1, 0.15) is 0 Å². The van der Waals surface area contributed by atoms with E-state index in [1.54, 1.807) is 5.57 Å². The Morgan fingerprint density at radius 3 is 2.48 bits per heavy atom. The van der Waals surface area contributed by atoms with E-state index in [4.69, 9.17) is 4.74 Å². The zero-order valence-corrected chi connectivity index (χ0v) is 16.1. The lowest BCUT2D eigenvalue weighted by atomic mass is 9.59. The minimum Gasteiger partial charge on any atom is -0.390 e. The predicted molar refractivity (Wildman–Crippen MR) is 95.2 cm³/mol. The summed E-state index contributed by atoms with van der Waals surface area (Å²) in [6.07, 6.45) is 7.05. The minimum absolute atomic E-state index is 0.00579. The number of unbranched alkanes of at least 4 members (excludes halogenated alkanes) is 1. The molecule has 1 saturated carbocycles. The summed E-state index contributed by atoms with van der Waals surface area (Å²) in [5, 5.41) is 10.8. The summed E-state index contributed by atoms with van der Waals surface area (Å²) in [6, 6.07) is 0. The molecule has 0 aromatic carbocycles. The zero-order valence-electron chi connectivity index (χ0n) is 16.1. The highest BCUT2D eigenvalue weighted by atomic mass is 16.5. The number of ether oxygens (including phenoxy) is 1. The molecule has 2 unspecified atom stereocenters. The predicted octanol–water partition coefficient (Wildman–Crippen LogP) is 4.96. The summed E-state index contributed by atoms with van der Waals surface area (Å²) in [5.74, 6) is 0.957. The second kappa shape index (κ2) is 5.33. The van der Waals surface area contributed by atoms with Crippen molar-refractivity contribution in [3.05, 3.63) is 11.6 Å². The van der Waals surface area contributed by atoms with E-state index in [0.717, 1.165) is 6.42 Å². The van der Waals surface area contributed by atoms with Crippen molar-refractivity contribution in [1.82, 2.24) is 0 Å². The van der Waals surface area contributed by atoms with Crippen LogP contribution in [0.1, 0.15) is 74.1 Å². The van der Waals surface area contributed by atoms with Crippen molar-refractivity contribution >= 4 is 0 Å². The molecule has 132 valence electrons. The Morgan fingerprint density at radius 2 is 1.87 bits per heavy atom. The van der Waals surface area contributed by atoms with Crippen molar-refractivity contribution in [3.8, 4) is 0 Å². The fraction of sp³-hybridized carbons (Fsp3) is 0.905. The van der Waals surface area contributed by atoms with Gasteiger partial charge in [0.2, 0.25) is 0 Å². The van der Waals surface area contributed by atoms with Gasteiger partial charge in [-0.2, -0.15) is 0 Å². The molecule has 1 N–H and O–H groups in total. The van der Waals surface area contributed by atoms with E-state index in [1.807, 2.05) is 0 Å². The Bertz CT molecular complexity index is 504. The lowest BCUT2D eigenvalue weighted by Crippen LogP contribution is -2.48. The van der Waals surface area contributed by atoms with Crippen molar-refractivity contribution in [1.29, 1.82) is 0 Å². The average molecular weight is 321 g/mol. The van der Waals surface area contributed by atoms with E-state index in [-0.39, 0.29) is 34.6 Å². The van der Waals surface area contributed by atoms with Gasteiger partial charge in [0, 0.05) is 5.41 Å². The molecule has 0 radical (unpaired) electrons. The smallest absolute Gasteiger partial charge is 0.0881 e. The molecule has 0 aromatic rings.